The predicted molar refractivity (Wildman–Crippen MR) is 74.1 cm³/mol. The molecule has 3 rings (SSSR count). The second-order valence-corrected chi connectivity index (χ2v) is 5.34. The molecule has 1 saturated heterocycles. The lowest BCUT2D eigenvalue weighted by molar-refractivity contribution is -0.0848. The summed E-state index contributed by atoms with van der Waals surface area (Å²) >= 11 is 0. The van der Waals surface area contributed by atoms with Gasteiger partial charge in [0.25, 0.3) is 0 Å². The van der Waals surface area contributed by atoms with Crippen LogP contribution in [0.15, 0.2) is 24.3 Å². The maximum absolute atomic E-state index is 10.6. The van der Waals surface area contributed by atoms with Crippen LogP contribution in [0, 0.1) is 0 Å². The zero-order valence-corrected chi connectivity index (χ0v) is 11.3. The average Bonchev–Trinajstić information content (AvgIpc) is 2.77. The molecule has 0 amide bonds. The number of aliphatic hydroxyl groups is 1. The minimum Gasteiger partial charge on any atom is -0.387 e. The highest BCUT2D eigenvalue weighted by Gasteiger charge is 2.32. The number of para-hydroxylation sites is 1. The Bertz CT molecular complexity index is 571. The van der Waals surface area contributed by atoms with Crippen LogP contribution in [0.2, 0.25) is 0 Å². The van der Waals surface area contributed by atoms with Crippen LogP contribution in [0.5, 0.6) is 0 Å². The first-order chi connectivity index (χ1) is 9.22. The molecule has 0 spiro atoms. The third-order valence-corrected chi connectivity index (χ3v) is 3.83. The number of aryl methyl sites for hydroxylation is 1. The molecule has 0 bridgehead atoms. The van der Waals surface area contributed by atoms with E-state index in [4.69, 9.17) is 4.74 Å². The first-order valence-electron chi connectivity index (χ1n) is 6.96. The van der Waals surface area contributed by atoms with Gasteiger partial charge in [0.2, 0.25) is 0 Å². The first kappa shape index (κ1) is 12.6. The number of aromatic nitrogens is 2. The quantitative estimate of drug-likeness (QED) is 0.919. The van der Waals surface area contributed by atoms with E-state index in [1.807, 2.05) is 16.8 Å². The summed E-state index contributed by atoms with van der Waals surface area (Å²) in [5.41, 5.74) is 1.36. The van der Waals surface area contributed by atoms with Gasteiger partial charge < -0.3 is 9.84 Å². The summed E-state index contributed by atoms with van der Waals surface area (Å²) in [5, 5.41) is 16.4. The van der Waals surface area contributed by atoms with Crippen molar-refractivity contribution in [3.05, 3.63) is 30.0 Å². The number of hydrogen-bond donors (Lipinski definition) is 1. The molecule has 2 aromatic rings. The second kappa shape index (κ2) is 4.94. The maximum atomic E-state index is 10.6. The molecule has 0 radical (unpaired) electrons. The van der Waals surface area contributed by atoms with Crippen molar-refractivity contribution in [1.29, 1.82) is 0 Å². The van der Waals surface area contributed by atoms with Gasteiger partial charge in [0.15, 0.2) is 0 Å². The fourth-order valence-electron chi connectivity index (χ4n) is 2.86. The Morgan fingerprint density at radius 3 is 3.00 bits per heavy atom. The third kappa shape index (κ3) is 2.38. The Hall–Kier alpha value is -1.39. The van der Waals surface area contributed by atoms with Crippen LogP contribution in [0.3, 0.4) is 0 Å². The Kier molecular flexibility index (Phi) is 3.29. The monoisotopic (exact) mass is 260 g/mol. The van der Waals surface area contributed by atoms with Gasteiger partial charge in [-0.1, -0.05) is 18.2 Å². The summed E-state index contributed by atoms with van der Waals surface area (Å²) < 4.78 is 7.42. The molecule has 0 aliphatic carbocycles. The average molecular weight is 260 g/mol. The van der Waals surface area contributed by atoms with E-state index in [1.165, 1.54) is 0 Å². The zero-order valence-electron chi connectivity index (χ0n) is 11.3. The fraction of sp³-hybridized carbons (Fsp3) is 0.533. The number of ether oxygens (including phenoxy) is 1. The summed E-state index contributed by atoms with van der Waals surface area (Å²) in [5.74, 6) is 0. The van der Waals surface area contributed by atoms with Gasteiger partial charge in [-0.25, -0.2) is 0 Å². The zero-order chi connectivity index (χ0) is 13.3. The molecule has 2 heterocycles. The van der Waals surface area contributed by atoms with Crippen LogP contribution in [-0.2, 0) is 17.7 Å². The summed E-state index contributed by atoms with van der Waals surface area (Å²) in [7, 11) is 0. The smallest absolute Gasteiger partial charge is 0.0937 e. The standard InChI is InChI=1S/C15H20N2O2/c1-2-17-14-7-4-3-6-12(14)13(16-17)10-15(18)8-5-9-19-11-15/h3-4,6-7,18H,2,5,8-11H2,1H3. The second-order valence-electron chi connectivity index (χ2n) is 5.34. The van der Waals surface area contributed by atoms with Crippen molar-refractivity contribution in [2.45, 2.75) is 38.3 Å². The fourth-order valence-corrected chi connectivity index (χ4v) is 2.86. The highest BCUT2D eigenvalue weighted by atomic mass is 16.5. The number of fused-ring (bicyclic) bond motifs is 1. The van der Waals surface area contributed by atoms with Gasteiger partial charge in [0.05, 0.1) is 23.4 Å². The van der Waals surface area contributed by atoms with E-state index in [2.05, 4.69) is 24.2 Å². The molecule has 1 aromatic heterocycles. The number of nitrogens with zero attached hydrogens (tertiary/aromatic N) is 2. The third-order valence-electron chi connectivity index (χ3n) is 3.83. The molecule has 0 saturated carbocycles. The molecule has 1 aromatic carbocycles. The molecule has 1 unspecified atom stereocenters. The first-order valence-corrected chi connectivity index (χ1v) is 6.96. The lowest BCUT2D eigenvalue weighted by Gasteiger charge is -2.31. The molecule has 4 nitrogen and oxygen atoms in total. The van der Waals surface area contributed by atoms with Gasteiger partial charge in [0.1, 0.15) is 0 Å². The number of hydrogen-bond acceptors (Lipinski definition) is 3. The minimum atomic E-state index is -0.756. The van der Waals surface area contributed by atoms with Crippen LogP contribution < -0.4 is 0 Å². The summed E-state index contributed by atoms with van der Waals surface area (Å²) in [6.07, 6.45) is 2.28. The van der Waals surface area contributed by atoms with Gasteiger partial charge in [-0.15, -0.1) is 0 Å². The Balaban J connectivity index is 1.96. The highest BCUT2D eigenvalue weighted by Crippen LogP contribution is 2.27. The van der Waals surface area contributed by atoms with E-state index in [1.54, 1.807) is 0 Å². The van der Waals surface area contributed by atoms with Gasteiger partial charge in [0, 0.05) is 25.0 Å². The lowest BCUT2D eigenvalue weighted by Crippen LogP contribution is -2.40. The van der Waals surface area contributed by atoms with Crippen molar-refractivity contribution >= 4 is 10.9 Å². The molecule has 1 aliphatic heterocycles. The van der Waals surface area contributed by atoms with Crippen LogP contribution in [0.4, 0.5) is 0 Å². The summed E-state index contributed by atoms with van der Waals surface area (Å²) in [6, 6.07) is 8.21. The van der Waals surface area contributed by atoms with Crippen LogP contribution in [0.1, 0.15) is 25.5 Å². The normalized spacial score (nSPS) is 23.9. The van der Waals surface area contributed by atoms with E-state index in [0.29, 0.717) is 13.0 Å². The van der Waals surface area contributed by atoms with Crippen molar-refractivity contribution in [3.63, 3.8) is 0 Å². The van der Waals surface area contributed by atoms with Gasteiger partial charge in [-0.05, 0) is 25.8 Å². The van der Waals surface area contributed by atoms with E-state index in [-0.39, 0.29) is 0 Å². The number of rotatable bonds is 3. The molecule has 4 heteroatoms. The Morgan fingerprint density at radius 1 is 1.42 bits per heavy atom. The SMILES string of the molecule is CCn1nc(CC2(O)CCCOC2)c2ccccc21. The van der Waals surface area contributed by atoms with Crippen molar-refractivity contribution in [1.82, 2.24) is 9.78 Å². The molecule has 1 fully saturated rings. The van der Waals surface area contributed by atoms with Crippen molar-refractivity contribution in [2.75, 3.05) is 13.2 Å². The van der Waals surface area contributed by atoms with E-state index in [9.17, 15) is 5.11 Å². The molecule has 1 atom stereocenters. The van der Waals surface area contributed by atoms with Crippen molar-refractivity contribution < 1.29 is 9.84 Å². The largest absolute Gasteiger partial charge is 0.387 e. The summed E-state index contributed by atoms with van der Waals surface area (Å²) in [6.45, 7) is 4.10. The summed E-state index contributed by atoms with van der Waals surface area (Å²) in [4.78, 5) is 0. The molecular weight excluding hydrogens is 240 g/mol. The van der Waals surface area contributed by atoms with Gasteiger partial charge in [-0.3, -0.25) is 4.68 Å². The van der Waals surface area contributed by atoms with Crippen LogP contribution in [-0.4, -0.2) is 33.7 Å². The van der Waals surface area contributed by atoms with Crippen molar-refractivity contribution in [2.24, 2.45) is 0 Å². The minimum absolute atomic E-state index is 0.417. The Morgan fingerprint density at radius 2 is 2.26 bits per heavy atom. The molecular formula is C15H20N2O2. The Labute approximate surface area is 113 Å². The van der Waals surface area contributed by atoms with E-state index < -0.39 is 5.60 Å². The highest BCUT2D eigenvalue weighted by molar-refractivity contribution is 5.82. The van der Waals surface area contributed by atoms with Gasteiger partial charge >= 0.3 is 0 Å². The molecule has 19 heavy (non-hydrogen) atoms. The molecule has 102 valence electrons. The van der Waals surface area contributed by atoms with Crippen LogP contribution in [0.25, 0.3) is 10.9 Å². The maximum Gasteiger partial charge on any atom is 0.0937 e. The predicted octanol–water partition coefficient (Wildman–Crippen LogP) is 2.14. The van der Waals surface area contributed by atoms with E-state index >= 15 is 0 Å². The topological polar surface area (TPSA) is 47.3 Å². The molecule has 1 aliphatic rings. The van der Waals surface area contributed by atoms with Gasteiger partial charge in [-0.2, -0.15) is 5.10 Å². The number of benzene rings is 1. The van der Waals surface area contributed by atoms with Crippen molar-refractivity contribution in [3.8, 4) is 0 Å². The molecule has 1 N–H and O–H groups in total. The van der Waals surface area contributed by atoms with E-state index in [0.717, 1.165) is 42.6 Å². The van der Waals surface area contributed by atoms with Crippen LogP contribution >= 0.6 is 0 Å². The lowest BCUT2D eigenvalue weighted by atomic mass is 9.90.